The van der Waals surface area contributed by atoms with Gasteiger partial charge in [0.1, 0.15) is 11.8 Å². The van der Waals surface area contributed by atoms with Crippen molar-refractivity contribution in [3.05, 3.63) is 24.3 Å². The highest BCUT2D eigenvalue weighted by Gasteiger charge is 2.34. The quantitative estimate of drug-likeness (QED) is 0.650. The fraction of sp³-hybridized carbons (Fsp3) is 0.571. The van der Waals surface area contributed by atoms with Gasteiger partial charge in [0.05, 0.1) is 5.69 Å². The molecule has 1 fully saturated rings. The van der Waals surface area contributed by atoms with Crippen LogP contribution in [0.15, 0.2) is 24.3 Å². The molecular formula is C14H21ClN4O. The van der Waals surface area contributed by atoms with Gasteiger partial charge in [-0.1, -0.05) is 23.7 Å². The van der Waals surface area contributed by atoms with Crippen molar-refractivity contribution in [3.63, 3.8) is 0 Å². The largest absolute Gasteiger partial charge is 0.470 e. The van der Waals surface area contributed by atoms with Crippen LogP contribution in [0.2, 0.25) is 0 Å². The van der Waals surface area contributed by atoms with E-state index in [4.69, 9.17) is 22.2 Å². The van der Waals surface area contributed by atoms with Crippen LogP contribution in [0.25, 0.3) is 0 Å². The van der Waals surface area contributed by atoms with E-state index in [1.807, 2.05) is 24.3 Å². The summed E-state index contributed by atoms with van der Waals surface area (Å²) < 4.78 is 5.78. The summed E-state index contributed by atoms with van der Waals surface area (Å²) in [5, 5.41) is 1.76. The van der Waals surface area contributed by atoms with Gasteiger partial charge in [-0.05, 0) is 19.2 Å². The van der Waals surface area contributed by atoms with Crippen molar-refractivity contribution in [2.24, 2.45) is 5.84 Å². The third-order valence-corrected chi connectivity index (χ3v) is 4.46. The van der Waals surface area contributed by atoms with E-state index in [0.29, 0.717) is 0 Å². The van der Waals surface area contributed by atoms with E-state index in [9.17, 15) is 0 Å². The molecule has 0 bridgehead atoms. The van der Waals surface area contributed by atoms with Gasteiger partial charge in [-0.25, -0.2) is 5.84 Å². The molecule has 2 atom stereocenters. The minimum absolute atomic E-state index is 0.0324. The molecule has 0 aliphatic carbocycles. The van der Waals surface area contributed by atoms with E-state index in [1.165, 1.54) is 0 Å². The number of hydrazine groups is 1. The number of hydrogen-bond donors (Lipinski definition) is 1. The molecule has 0 radical (unpaired) electrons. The first-order valence-electron chi connectivity index (χ1n) is 7.00. The lowest BCUT2D eigenvalue weighted by atomic mass is 10.1. The standard InChI is InChI=1S/C14H21ClN4O/c1-17-6-8-18(9-7-17)10-12-14(15)20-13-5-3-2-4-11(13)19(12)16/h2-5,12,14H,6-10,16H2,1H3. The molecule has 0 saturated carbocycles. The predicted molar refractivity (Wildman–Crippen MR) is 81.1 cm³/mol. The highest BCUT2D eigenvalue weighted by Crippen LogP contribution is 2.35. The molecular weight excluding hydrogens is 276 g/mol. The van der Waals surface area contributed by atoms with Gasteiger partial charge in [0.25, 0.3) is 0 Å². The van der Waals surface area contributed by atoms with E-state index >= 15 is 0 Å². The van der Waals surface area contributed by atoms with E-state index < -0.39 is 5.56 Å². The lowest BCUT2D eigenvalue weighted by Crippen LogP contribution is -2.58. The number of rotatable bonds is 2. The second-order valence-corrected chi connectivity index (χ2v) is 5.95. The number of hydrogen-bond acceptors (Lipinski definition) is 5. The molecule has 20 heavy (non-hydrogen) atoms. The van der Waals surface area contributed by atoms with Gasteiger partial charge in [0.2, 0.25) is 0 Å². The van der Waals surface area contributed by atoms with Crippen LogP contribution in [-0.2, 0) is 0 Å². The number of halogens is 1. The lowest BCUT2D eigenvalue weighted by Gasteiger charge is -2.42. The van der Waals surface area contributed by atoms with Gasteiger partial charge in [0, 0.05) is 32.7 Å². The van der Waals surface area contributed by atoms with Crippen molar-refractivity contribution in [1.82, 2.24) is 9.80 Å². The number of piperazine rings is 1. The van der Waals surface area contributed by atoms with Gasteiger partial charge in [-0.15, -0.1) is 0 Å². The Morgan fingerprint density at radius 1 is 1.25 bits per heavy atom. The molecule has 0 spiro atoms. The second kappa shape index (κ2) is 5.77. The Hall–Kier alpha value is -1.01. The van der Waals surface area contributed by atoms with Crippen LogP contribution in [0.1, 0.15) is 0 Å². The lowest BCUT2D eigenvalue weighted by molar-refractivity contribution is 0.123. The highest BCUT2D eigenvalue weighted by molar-refractivity contribution is 6.20. The van der Waals surface area contributed by atoms with E-state index in [1.54, 1.807) is 5.01 Å². The highest BCUT2D eigenvalue weighted by atomic mass is 35.5. The van der Waals surface area contributed by atoms with Crippen LogP contribution in [-0.4, -0.2) is 61.2 Å². The second-order valence-electron chi connectivity index (χ2n) is 5.52. The summed E-state index contributed by atoms with van der Waals surface area (Å²) in [7, 11) is 2.15. The van der Waals surface area contributed by atoms with Crippen molar-refractivity contribution in [3.8, 4) is 5.75 Å². The molecule has 1 aromatic rings. The Morgan fingerprint density at radius 3 is 2.70 bits per heavy atom. The maximum Gasteiger partial charge on any atom is 0.195 e. The zero-order chi connectivity index (χ0) is 14.1. The Balaban J connectivity index is 1.71. The van der Waals surface area contributed by atoms with E-state index in [2.05, 4.69) is 16.8 Å². The van der Waals surface area contributed by atoms with Crippen molar-refractivity contribution >= 4 is 17.3 Å². The van der Waals surface area contributed by atoms with Gasteiger partial charge in [-0.2, -0.15) is 0 Å². The number of fused-ring (bicyclic) bond motifs is 1. The third kappa shape index (κ3) is 2.72. The monoisotopic (exact) mass is 296 g/mol. The minimum atomic E-state index is -0.422. The van der Waals surface area contributed by atoms with Gasteiger partial charge in [0.15, 0.2) is 5.56 Å². The fourth-order valence-corrected chi connectivity index (χ4v) is 3.04. The topological polar surface area (TPSA) is 45.0 Å². The maximum atomic E-state index is 6.37. The molecule has 0 aromatic heterocycles. The van der Waals surface area contributed by atoms with Crippen molar-refractivity contribution in [1.29, 1.82) is 0 Å². The molecule has 1 saturated heterocycles. The number of likely N-dealkylation sites (N-methyl/N-ethyl adjacent to an activating group) is 1. The molecule has 0 amide bonds. The first-order valence-corrected chi connectivity index (χ1v) is 7.43. The summed E-state index contributed by atoms with van der Waals surface area (Å²) in [6, 6.07) is 7.72. The third-order valence-electron chi connectivity index (χ3n) is 4.08. The Bertz CT molecular complexity index is 464. The number of anilines is 1. The van der Waals surface area contributed by atoms with E-state index in [-0.39, 0.29) is 6.04 Å². The average molecular weight is 297 g/mol. The molecule has 2 unspecified atom stereocenters. The predicted octanol–water partition coefficient (Wildman–Crippen LogP) is 0.940. The number of nitrogens with zero attached hydrogens (tertiary/aromatic N) is 3. The van der Waals surface area contributed by atoms with Gasteiger partial charge < -0.3 is 9.64 Å². The molecule has 110 valence electrons. The molecule has 2 aliphatic heterocycles. The van der Waals surface area contributed by atoms with Crippen LogP contribution in [0, 0.1) is 0 Å². The maximum absolute atomic E-state index is 6.37. The van der Waals surface area contributed by atoms with Crippen LogP contribution in [0.3, 0.4) is 0 Å². The molecule has 1 aromatic carbocycles. The van der Waals surface area contributed by atoms with Crippen LogP contribution < -0.4 is 15.6 Å². The number of nitrogens with two attached hydrogens (primary N) is 1. The van der Waals surface area contributed by atoms with Crippen LogP contribution in [0.4, 0.5) is 5.69 Å². The van der Waals surface area contributed by atoms with Crippen molar-refractivity contribution in [2.75, 3.05) is 44.8 Å². The summed E-state index contributed by atoms with van der Waals surface area (Å²) in [4.78, 5) is 4.73. The number of benzene rings is 1. The molecule has 2 N–H and O–H groups in total. The Kier molecular flexibility index (Phi) is 4.03. The number of para-hydroxylation sites is 2. The molecule has 2 aliphatic rings. The summed E-state index contributed by atoms with van der Waals surface area (Å²) in [5.41, 5.74) is 0.484. The summed E-state index contributed by atoms with van der Waals surface area (Å²) in [6.45, 7) is 5.09. The van der Waals surface area contributed by atoms with Gasteiger partial charge in [-0.3, -0.25) is 9.91 Å². The van der Waals surface area contributed by atoms with Crippen molar-refractivity contribution in [2.45, 2.75) is 11.6 Å². The summed E-state index contributed by atoms with van der Waals surface area (Å²) in [6.07, 6.45) is 0. The SMILES string of the molecule is CN1CCN(CC2C(Cl)Oc3ccccc3N2N)CC1. The molecule has 6 heteroatoms. The van der Waals surface area contributed by atoms with Crippen LogP contribution in [0.5, 0.6) is 5.75 Å². The van der Waals surface area contributed by atoms with Crippen molar-refractivity contribution < 1.29 is 4.74 Å². The van der Waals surface area contributed by atoms with Crippen LogP contribution >= 0.6 is 11.6 Å². The number of ether oxygens (including phenoxy) is 1. The zero-order valence-electron chi connectivity index (χ0n) is 11.7. The smallest absolute Gasteiger partial charge is 0.195 e. The van der Waals surface area contributed by atoms with Gasteiger partial charge >= 0.3 is 0 Å². The minimum Gasteiger partial charge on any atom is -0.470 e. The first kappa shape index (κ1) is 13.9. The summed E-state index contributed by atoms with van der Waals surface area (Å²) in [5.74, 6) is 7.01. The first-order chi connectivity index (χ1) is 9.65. The number of alkyl halides is 1. The average Bonchev–Trinajstić information content (AvgIpc) is 2.45. The van der Waals surface area contributed by atoms with E-state index in [0.717, 1.165) is 44.2 Å². The molecule has 5 nitrogen and oxygen atoms in total. The Labute approximate surface area is 124 Å². The zero-order valence-corrected chi connectivity index (χ0v) is 12.5. The fourth-order valence-electron chi connectivity index (χ4n) is 2.74. The summed E-state index contributed by atoms with van der Waals surface area (Å²) >= 11 is 6.37. The normalized spacial score (nSPS) is 28.1. The Morgan fingerprint density at radius 2 is 1.95 bits per heavy atom. The molecule has 3 rings (SSSR count). The molecule has 2 heterocycles.